The lowest BCUT2D eigenvalue weighted by atomic mass is 9.97. The number of fused-ring (bicyclic) bond motifs is 1. The van der Waals surface area contributed by atoms with Crippen molar-refractivity contribution in [2.24, 2.45) is 5.41 Å². The predicted molar refractivity (Wildman–Crippen MR) is 66.2 cm³/mol. The Morgan fingerprint density at radius 3 is 2.45 bits per heavy atom. The number of carbonyl (C=O) groups is 1. The molecule has 0 bridgehead atoms. The summed E-state index contributed by atoms with van der Waals surface area (Å²) in [5.74, 6) is -0.290. The summed E-state index contributed by atoms with van der Waals surface area (Å²) in [4.78, 5) is 11.7. The first-order chi connectivity index (χ1) is 9.09. The molecule has 0 aliphatic carbocycles. The third-order valence-electron chi connectivity index (χ3n) is 2.63. The van der Waals surface area contributed by atoms with Gasteiger partial charge in [-0.05, 0) is 32.9 Å². The highest BCUT2D eigenvalue weighted by Gasteiger charge is 2.35. The van der Waals surface area contributed by atoms with Crippen LogP contribution in [-0.4, -0.2) is 16.2 Å². The van der Waals surface area contributed by atoms with E-state index in [1.807, 2.05) is 0 Å². The molecule has 4 nitrogen and oxygen atoms in total. The standard InChI is InChI=1S/C13H13F3N2O2/c1-12(2,3)11(19)20-7-4-5-8-9(6-7)17-18-10(8)13(14,15)16/h4-6H,1-3H3,(H,17,18). The highest BCUT2D eigenvalue weighted by molar-refractivity contribution is 5.84. The minimum atomic E-state index is -4.53. The number of ether oxygens (including phenoxy) is 1. The molecule has 0 spiro atoms. The van der Waals surface area contributed by atoms with E-state index >= 15 is 0 Å². The number of esters is 1. The molecule has 1 heterocycles. The van der Waals surface area contributed by atoms with Crippen molar-refractivity contribution in [1.29, 1.82) is 0 Å². The molecule has 1 N–H and O–H groups in total. The van der Waals surface area contributed by atoms with Crippen molar-refractivity contribution in [3.8, 4) is 5.75 Å². The van der Waals surface area contributed by atoms with Crippen LogP contribution in [0.4, 0.5) is 13.2 Å². The van der Waals surface area contributed by atoms with E-state index in [9.17, 15) is 18.0 Å². The molecule has 0 aliphatic heterocycles. The largest absolute Gasteiger partial charge is 0.435 e. The fourth-order valence-corrected chi connectivity index (χ4v) is 1.54. The van der Waals surface area contributed by atoms with E-state index in [4.69, 9.17) is 4.74 Å². The molecule has 2 aromatic rings. The van der Waals surface area contributed by atoms with Gasteiger partial charge < -0.3 is 4.74 Å². The average molecular weight is 286 g/mol. The lowest BCUT2D eigenvalue weighted by Gasteiger charge is -2.16. The normalized spacial score (nSPS) is 12.7. The molecule has 0 atom stereocenters. The monoisotopic (exact) mass is 286 g/mol. The fourth-order valence-electron chi connectivity index (χ4n) is 1.54. The number of benzene rings is 1. The van der Waals surface area contributed by atoms with Crippen LogP contribution in [0.25, 0.3) is 10.9 Å². The Morgan fingerprint density at radius 2 is 1.90 bits per heavy atom. The minimum absolute atomic E-state index is 0.0620. The molecule has 7 heteroatoms. The third-order valence-corrected chi connectivity index (χ3v) is 2.63. The van der Waals surface area contributed by atoms with Crippen molar-refractivity contribution in [2.75, 3.05) is 0 Å². The molecule has 1 aromatic heterocycles. The predicted octanol–water partition coefficient (Wildman–Crippen LogP) is 3.53. The summed E-state index contributed by atoms with van der Waals surface area (Å²) in [7, 11) is 0. The summed E-state index contributed by atoms with van der Waals surface area (Å²) in [6.07, 6.45) is -4.53. The van der Waals surface area contributed by atoms with Crippen LogP contribution in [0.1, 0.15) is 26.5 Å². The SMILES string of the molecule is CC(C)(C)C(=O)Oc1ccc2c(C(F)(F)F)n[nH]c2c1. The van der Waals surface area contributed by atoms with E-state index in [2.05, 4.69) is 10.2 Å². The molecule has 1 aromatic carbocycles. The minimum Gasteiger partial charge on any atom is -0.426 e. The maximum atomic E-state index is 12.7. The first-order valence-electron chi connectivity index (χ1n) is 5.86. The zero-order chi connectivity index (χ0) is 15.1. The van der Waals surface area contributed by atoms with Crippen LogP contribution in [0.5, 0.6) is 5.75 Å². The second kappa shape index (κ2) is 4.50. The molecule has 0 fully saturated rings. The van der Waals surface area contributed by atoms with Crippen molar-refractivity contribution in [1.82, 2.24) is 10.2 Å². The van der Waals surface area contributed by atoms with Gasteiger partial charge in [0.25, 0.3) is 0 Å². The first kappa shape index (κ1) is 14.4. The van der Waals surface area contributed by atoms with Crippen LogP contribution in [0.15, 0.2) is 18.2 Å². The van der Waals surface area contributed by atoms with E-state index in [-0.39, 0.29) is 16.7 Å². The number of alkyl halides is 3. The number of carbonyl (C=O) groups excluding carboxylic acids is 1. The molecule has 0 radical (unpaired) electrons. The van der Waals surface area contributed by atoms with Gasteiger partial charge in [0.15, 0.2) is 5.69 Å². The summed E-state index contributed by atoms with van der Waals surface area (Å²) in [6.45, 7) is 5.06. The molecule has 0 amide bonds. The number of rotatable bonds is 1. The number of H-pyrrole nitrogens is 1. The van der Waals surface area contributed by atoms with Crippen LogP contribution in [0.3, 0.4) is 0 Å². The number of aromatic amines is 1. The maximum absolute atomic E-state index is 12.7. The van der Waals surface area contributed by atoms with Crippen molar-refractivity contribution in [3.63, 3.8) is 0 Å². The first-order valence-corrected chi connectivity index (χ1v) is 5.86. The Bertz CT molecular complexity index is 654. The zero-order valence-corrected chi connectivity index (χ0v) is 11.1. The molecule has 0 saturated carbocycles. The number of nitrogens with one attached hydrogen (secondary N) is 1. The van der Waals surface area contributed by atoms with E-state index < -0.39 is 23.3 Å². The van der Waals surface area contributed by atoms with Crippen molar-refractivity contribution >= 4 is 16.9 Å². The second-order valence-corrected chi connectivity index (χ2v) is 5.42. The van der Waals surface area contributed by atoms with Gasteiger partial charge in [-0.1, -0.05) is 0 Å². The van der Waals surface area contributed by atoms with Gasteiger partial charge in [-0.25, -0.2) is 0 Å². The van der Waals surface area contributed by atoms with Crippen molar-refractivity contribution in [2.45, 2.75) is 26.9 Å². The van der Waals surface area contributed by atoms with Crippen LogP contribution in [0.2, 0.25) is 0 Å². The van der Waals surface area contributed by atoms with E-state index in [0.717, 1.165) is 0 Å². The van der Waals surface area contributed by atoms with Gasteiger partial charge in [0.05, 0.1) is 10.9 Å². The van der Waals surface area contributed by atoms with Crippen LogP contribution in [-0.2, 0) is 11.0 Å². The summed E-state index contributed by atoms with van der Waals surface area (Å²) < 4.78 is 43.1. The summed E-state index contributed by atoms with van der Waals surface area (Å²) >= 11 is 0. The molecular weight excluding hydrogens is 273 g/mol. The Hall–Kier alpha value is -2.05. The summed E-state index contributed by atoms with van der Waals surface area (Å²) in [5, 5.41) is 5.47. The third kappa shape index (κ3) is 2.76. The highest BCUT2D eigenvalue weighted by atomic mass is 19.4. The van der Waals surface area contributed by atoms with Gasteiger partial charge >= 0.3 is 12.1 Å². The topological polar surface area (TPSA) is 55.0 Å². The Morgan fingerprint density at radius 1 is 1.25 bits per heavy atom. The molecule has 20 heavy (non-hydrogen) atoms. The Labute approximate surface area is 112 Å². The molecular formula is C13H13F3N2O2. The molecule has 2 rings (SSSR count). The van der Waals surface area contributed by atoms with E-state index in [1.165, 1.54) is 18.2 Å². The van der Waals surface area contributed by atoms with Gasteiger partial charge in [0, 0.05) is 11.5 Å². The Kier molecular flexibility index (Phi) is 3.23. The van der Waals surface area contributed by atoms with Gasteiger partial charge in [0.2, 0.25) is 0 Å². The van der Waals surface area contributed by atoms with Gasteiger partial charge in [0.1, 0.15) is 5.75 Å². The van der Waals surface area contributed by atoms with Crippen molar-refractivity contribution in [3.05, 3.63) is 23.9 Å². The van der Waals surface area contributed by atoms with Crippen molar-refractivity contribution < 1.29 is 22.7 Å². The highest BCUT2D eigenvalue weighted by Crippen LogP contribution is 2.34. The van der Waals surface area contributed by atoms with Gasteiger partial charge in [-0.15, -0.1) is 0 Å². The van der Waals surface area contributed by atoms with Crippen LogP contribution >= 0.6 is 0 Å². The lowest BCUT2D eigenvalue weighted by molar-refractivity contribution is -0.143. The van der Waals surface area contributed by atoms with Crippen LogP contribution in [0, 0.1) is 5.41 Å². The number of aromatic nitrogens is 2. The average Bonchev–Trinajstić information content (AvgIpc) is 2.70. The molecule has 0 saturated heterocycles. The maximum Gasteiger partial charge on any atom is 0.435 e. The van der Waals surface area contributed by atoms with Gasteiger partial charge in [-0.2, -0.15) is 18.3 Å². The quantitative estimate of drug-likeness (QED) is 0.644. The number of halogens is 3. The van der Waals surface area contributed by atoms with E-state index in [0.29, 0.717) is 0 Å². The fraction of sp³-hybridized carbons (Fsp3) is 0.385. The summed E-state index contributed by atoms with van der Waals surface area (Å²) in [5.41, 5.74) is -1.52. The molecule has 108 valence electrons. The lowest BCUT2D eigenvalue weighted by Crippen LogP contribution is -2.25. The smallest absolute Gasteiger partial charge is 0.426 e. The molecule has 0 aliphatic rings. The number of nitrogens with zero attached hydrogens (tertiary/aromatic N) is 1. The van der Waals surface area contributed by atoms with Gasteiger partial charge in [-0.3, -0.25) is 9.89 Å². The summed E-state index contributed by atoms with van der Waals surface area (Å²) in [6, 6.07) is 3.87. The number of hydrogen-bond acceptors (Lipinski definition) is 3. The zero-order valence-electron chi connectivity index (χ0n) is 11.1. The van der Waals surface area contributed by atoms with E-state index in [1.54, 1.807) is 20.8 Å². The molecule has 0 unspecified atom stereocenters. The number of hydrogen-bond donors (Lipinski definition) is 1. The van der Waals surface area contributed by atoms with Crippen LogP contribution < -0.4 is 4.74 Å². The Balaban J connectivity index is 2.35. The second-order valence-electron chi connectivity index (χ2n) is 5.42.